The number of carboxylic acid groups (broad SMARTS) is 1. The number of allylic oxidation sites excluding steroid dienone is 1. The number of hydrogen-bond donors (Lipinski definition) is 1. The molecule has 0 amide bonds. The molecule has 14 heavy (non-hydrogen) atoms. The lowest BCUT2D eigenvalue weighted by atomic mass is 9.74. The molecular formula is C12H20O2. The maximum Gasteiger partial charge on any atom is 0.304 e. The number of rotatable bonds is 3. The molecule has 0 radical (unpaired) electrons. The van der Waals surface area contributed by atoms with Crippen LogP contribution in [0.2, 0.25) is 0 Å². The number of carboxylic acids is 1. The summed E-state index contributed by atoms with van der Waals surface area (Å²) in [6, 6.07) is 0. The maximum atomic E-state index is 10.8. The molecule has 0 saturated heterocycles. The third-order valence-electron chi connectivity index (χ3n) is 3.29. The van der Waals surface area contributed by atoms with Gasteiger partial charge in [-0.05, 0) is 18.3 Å². The minimum Gasteiger partial charge on any atom is -0.481 e. The fraction of sp³-hybridized carbons (Fsp3) is 0.750. The molecule has 2 heteroatoms. The number of carbonyl (C=O) groups is 1. The van der Waals surface area contributed by atoms with Crippen LogP contribution in [0.25, 0.3) is 0 Å². The van der Waals surface area contributed by atoms with E-state index in [0.717, 1.165) is 25.7 Å². The summed E-state index contributed by atoms with van der Waals surface area (Å²) in [4.78, 5) is 10.8. The summed E-state index contributed by atoms with van der Waals surface area (Å²) in [6.07, 6.45) is 10.2. The van der Waals surface area contributed by atoms with E-state index in [1.165, 1.54) is 19.3 Å². The monoisotopic (exact) mass is 196 g/mol. The van der Waals surface area contributed by atoms with E-state index in [1.54, 1.807) is 0 Å². The Morgan fingerprint density at radius 1 is 1.21 bits per heavy atom. The summed E-state index contributed by atoms with van der Waals surface area (Å²) in [5.74, 6) is -0.689. The van der Waals surface area contributed by atoms with Gasteiger partial charge in [-0.3, -0.25) is 4.79 Å². The van der Waals surface area contributed by atoms with Crippen molar-refractivity contribution in [1.82, 2.24) is 0 Å². The zero-order valence-electron chi connectivity index (χ0n) is 8.80. The fourth-order valence-electron chi connectivity index (χ4n) is 2.36. The van der Waals surface area contributed by atoms with E-state index in [9.17, 15) is 4.79 Å². The molecule has 1 aliphatic rings. The Morgan fingerprint density at radius 3 is 2.14 bits per heavy atom. The van der Waals surface area contributed by atoms with Gasteiger partial charge in [-0.1, -0.05) is 38.2 Å². The Balaban J connectivity index is 2.62. The lowest BCUT2D eigenvalue weighted by molar-refractivity contribution is -0.139. The normalized spacial score (nSPS) is 22.0. The first-order chi connectivity index (χ1) is 6.68. The lowest BCUT2D eigenvalue weighted by Crippen LogP contribution is -2.23. The first kappa shape index (κ1) is 11.3. The SMILES string of the molecule is C=CC1(CC(=O)O)CCCCCCC1. The Bertz CT molecular complexity index is 200. The molecule has 1 fully saturated rings. The predicted octanol–water partition coefficient (Wildman–Crippen LogP) is 3.38. The van der Waals surface area contributed by atoms with Gasteiger partial charge in [-0.15, -0.1) is 6.58 Å². The van der Waals surface area contributed by atoms with Crippen molar-refractivity contribution in [2.75, 3.05) is 0 Å². The molecule has 1 saturated carbocycles. The van der Waals surface area contributed by atoms with Gasteiger partial charge in [0.1, 0.15) is 0 Å². The highest BCUT2D eigenvalue weighted by Crippen LogP contribution is 2.38. The molecule has 1 aliphatic carbocycles. The van der Waals surface area contributed by atoms with Gasteiger partial charge in [0.05, 0.1) is 6.42 Å². The van der Waals surface area contributed by atoms with Crippen molar-refractivity contribution in [2.45, 2.75) is 51.4 Å². The van der Waals surface area contributed by atoms with E-state index >= 15 is 0 Å². The van der Waals surface area contributed by atoms with E-state index in [2.05, 4.69) is 6.58 Å². The number of aliphatic carboxylic acids is 1. The zero-order valence-corrected chi connectivity index (χ0v) is 8.80. The van der Waals surface area contributed by atoms with Gasteiger partial charge >= 0.3 is 5.97 Å². The second kappa shape index (κ2) is 5.18. The third kappa shape index (κ3) is 3.17. The van der Waals surface area contributed by atoms with Crippen LogP contribution in [0.15, 0.2) is 12.7 Å². The van der Waals surface area contributed by atoms with Gasteiger partial charge in [-0.25, -0.2) is 0 Å². The van der Waals surface area contributed by atoms with Crippen LogP contribution in [0.5, 0.6) is 0 Å². The molecule has 0 heterocycles. The van der Waals surface area contributed by atoms with Gasteiger partial charge in [0.2, 0.25) is 0 Å². The zero-order chi connectivity index (χ0) is 10.4. The van der Waals surface area contributed by atoms with Crippen LogP contribution in [-0.4, -0.2) is 11.1 Å². The van der Waals surface area contributed by atoms with Crippen molar-refractivity contribution in [2.24, 2.45) is 5.41 Å². The summed E-state index contributed by atoms with van der Waals surface area (Å²) in [5.41, 5.74) is -0.119. The van der Waals surface area contributed by atoms with Crippen LogP contribution in [0.3, 0.4) is 0 Å². The molecule has 0 aromatic heterocycles. The van der Waals surface area contributed by atoms with E-state index in [-0.39, 0.29) is 11.8 Å². The molecule has 0 aromatic rings. The highest BCUT2D eigenvalue weighted by Gasteiger charge is 2.29. The van der Waals surface area contributed by atoms with Crippen molar-refractivity contribution in [1.29, 1.82) is 0 Å². The summed E-state index contributed by atoms with van der Waals surface area (Å²) in [7, 11) is 0. The molecule has 0 aliphatic heterocycles. The summed E-state index contributed by atoms with van der Waals surface area (Å²) < 4.78 is 0. The van der Waals surface area contributed by atoms with Crippen LogP contribution in [0, 0.1) is 5.41 Å². The van der Waals surface area contributed by atoms with Gasteiger partial charge in [0.15, 0.2) is 0 Å². The van der Waals surface area contributed by atoms with Gasteiger partial charge in [0, 0.05) is 0 Å². The average molecular weight is 196 g/mol. The highest BCUT2D eigenvalue weighted by molar-refractivity contribution is 5.68. The molecule has 2 nitrogen and oxygen atoms in total. The first-order valence-corrected chi connectivity index (χ1v) is 5.54. The third-order valence-corrected chi connectivity index (χ3v) is 3.29. The van der Waals surface area contributed by atoms with Crippen molar-refractivity contribution in [3.05, 3.63) is 12.7 Å². The Labute approximate surface area is 86.0 Å². The van der Waals surface area contributed by atoms with Gasteiger partial charge in [-0.2, -0.15) is 0 Å². The summed E-state index contributed by atoms with van der Waals surface area (Å²) >= 11 is 0. The smallest absolute Gasteiger partial charge is 0.304 e. The van der Waals surface area contributed by atoms with E-state index in [4.69, 9.17) is 5.11 Å². The van der Waals surface area contributed by atoms with Crippen LogP contribution < -0.4 is 0 Å². The molecule has 0 spiro atoms. The van der Waals surface area contributed by atoms with Crippen LogP contribution in [0.4, 0.5) is 0 Å². The molecule has 0 unspecified atom stereocenters. The minimum absolute atomic E-state index is 0.119. The van der Waals surface area contributed by atoms with Crippen LogP contribution in [-0.2, 0) is 4.79 Å². The van der Waals surface area contributed by atoms with Crippen molar-refractivity contribution in [3.8, 4) is 0 Å². The fourth-order valence-corrected chi connectivity index (χ4v) is 2.36. The predicted molar refractivity (Wildman–Crippen MR) is 57.2 cm³/mol. The first-order valence-electron chi connectivity index (χ1n) is 5.54. The van der Waals surface area contributed by atoms with Crippen molar-refractivity contribution in [3.63, 3.8) is 0 Å². The van der Waals surface area contributed by atoms with Crippen molar-refractivity contribution >= 4 is 5.97 Å². The Kier molecular flexibility index (Phi) is 4.18. The van der Waals surface area contributed by atoms with Gasteiger partial charge < -0.3 is 5.11 Å². The average Bonchev–Trinajstić information content (AvgIpc) is 2.09. The molecule has 1 N–H and O–H groups in total. The lowest BCUT2D eigenvalue weighted by Gasteiger charge is -2.30. The largest absolute Gasteiger partial charge is 0.481 e. The summed E-state index contributed by atoms with van der Waals surface area (Å²) in [5, 5.41) is 8.88. The second-order valence-electron chi connectivity index (χ2n) is 4.40. The van der Waals surface area contributed by atoms with Crippen molar-refractivity contribution < 1.29 is 9.90 Å². The van der Waals surface area contributed by atoms with Crippen LogP contribution >= 0.6 is 0 Å². The molecule has 1 rings (SSSR count). The molecule has 80 valence electrons. The summed E-state index contributed by atoms with van der Waals surface area (Å²) in [6.45, 7) is 3.82. The topological polar surface area (TPSA) is 37.3 Å². The quantitative estimate of drug-likeness (QED) is 0.702. The van der Waals surface area contributed by atoms with Gasteiger partial charge in [0.25, 0.3) is 0 Å². The number of hydrogen-bond acceptors (Lipinski definition) is 1. The molecule has 0 bridgehead atoms. The second-order valence-corrected chi connectivity index (χ2v) is 4.40. The molecule has 0 aromatic carbocycles. The standard InChI is InChI=1S/C12H20O2/c1-2-12(10-11(13)14)8-6-4-3-5-7-9-12/h2H,1,3-10H2,(H,13,14). The van der Waals surface area contributed by atoms with Crippen LogP contribution in [0.1, 0.15) is 51.4 Å². The molecule has 0 atom stereocenters. The Hall–Kier alpha value is -0.790. The Morgan fingerprint density at radius 2 is 1.71 bits per heavy atom. The van der Waals surface area contributed by atoms with E-state index in [0.29, 0.717) is 0 Å². The minimum atomic E-state index is -0.689. The highest BCUT2D eigenvalue weighted by atomic mass is 16.4. The maximum absolute atomic E-state index is 10.8. The van der Waals surface area contributed by atoms with E-state index < -0.39 is 5.97 Å². The molecular weight excluding hydrogens is 176 g/mol. The van der Waals surface area contributed by atoms with E-state index in [1.807, 2.05) is 6.08 Å².